The third kappa shape index (κ3) is 3.26. The molecule has 1 aliphatic heterocycles. The average molecular weight is 253 g/mol. The number of hydrogen-bond acceptors (Lipinski definition) is 3. The molecule has 1 aliphatic rings. The fourth-order valence-electron chi connectivity index (χ4n) is 2.23. The van der Waals surface area contributed by atoms with Crippen molar-refractivity contribution in [2.45, 2.75) is 56.9 Å². The van der Waals surface area contributed by atoms with Gasteiger partial charge in [0.05, 0.1) is 5.69 Å². The van der Waals surface area contributed by atoms with Crippen molar-refractivity contribution in [3.8, 4) is 0 Å². The summed E-state index contributed by atoms with van der Waals surface area (Å²) in [7, 11) is 0. The maximum Gasteiger partial charge on any atom is 0.0640 e. The van der Waals surface area contributed by atoms with E-state index >= 15 is 0 Å². The molecular formula is C13H23N3S. The summed E-state index contributed by atoms with van der Waals surface area (Å²) in [4.78, 5) is 0. The zero-order chi connectivity index (χ0) is 12.3. The predicted octanol–water partition coefficient (Wildman–Crippen LogP) is 2.62. The van der Waals surface area contributed by atoms with Crippen molar-refractivity contribution in [3.05, 3.63) is 18.0 Å². The third-order valence-electron chi connectivity index (χ3n) is 3.59. The number of rotatable bonds is 5. The van der Waals surface area contributed by atoms with Gasteiger partial charge in [0, 0.05) is 30.0 Å². The van der Waals surface area contributed by atoms with Gasteiger partial charge in [-0.3, -0.25) is 4.68 Å². The van der Waals surface area contributed by atoms with E-state index in [9.17, 15) is 0 Å². The molecule has 2 rings (SSSR count). The zero-order valence-corrected chi connectivity index (χ0v) is 11.6. The van der Waals surface area contributed by atoms with Crippen molar-refractivity contribution in [1.29, 1.82) is 0 Å². The van der Waals surface area contributed by atoms with Crippen molar-refractivity contribution < 1.29 is 0 Å². The normalized spacial score (nSPS) is 23.8. The highest BCUT2D eigenvalue weighted by molar-refractivity contribution is 8.00. The first kappa shape index (κ1) is 13.0. The molecule has 17 heavy (non-hydrogen) atoms. The van der Waals surface area contributed by atoms with Gasteiger partial charge in [0.2, 0.25) is 0 Å². The molecule has 2 heterocycles. The molecule has 3 nitrogen and oxygen atoms in total. The fraction of sp³-hybridized carbons (Fsp3) is 0.769. The molecule has 0 spiro atoms. The first-order chi connectivity index (χ1) is 8.20. The highest BCUT2D eigenvalue weighted by Crippen LogP contribution is 2.29. The van der Waals surface area contributed by atoms with Crippen LogP contribution in [0.5, 0.6) is 0 Å². The maximum atomic E-state index is 6.26. The Kier molecular flexibility index (Phi) is 4.51. The molecule has 1 aromatic rings. The smallest absolute Gasteiger partial charge is 0.0640 e. The highest BCUT2D eigenvalue weighted by atomic mass is 32.2. The van der Waals surface area contributed by atoms with Crippen LogP contribution in [0.15, 0.2) is 12.3 Å². The van der Waals surface area contributed by atoms with Gasteiger partial charge < -0.3 is 5.73 Å². The minimum atomic E-state index is 0.266. The molecule has 1 fully saturated rings. The Morgan fingerprint density at radius 1 is 1.65 bits per heavy atom. The Bertz CT molecular complexity index is 344. The van der Waals surface area contributed by atoms with Gasteiger partial charge >= 0.3 is 0 Å². The summed E-state index contributed by atoms with van der Waals surface area (Å²) in [6.45, 7) is 4.39. The number of thioether (sulfide) groups is 1. The van der Waals surface area contributed by atoms with Gasteiger partial charge in [0.1, 0.15) is 0 Å². The second kappa shape index (κ2) is 5.91. The van der Waals surface area contributed by atoms with E-state index in [-0.39, 0.29) is 6.04 Å². The number of nitrogens with two attached hydrogens (primary N) is 1. The minimum absolute atomic E-state index is 0.266. The molecule has 0 aliphatic carbocycles. The standard InChI is InChI=1S/C13H23N3S/c1-3-10(2)16-7-6-11(15-16)9-12(14)13-5-4-8-17-13/h6-7,10,12-13H,3-5,8-9,14H2,1-2H3. The van der Waals surface area contributed by atoms with Crippen LogP contribution in [-0.4, -0.2) is 26.8 Å². The first-order valence-electron chi connectivity index (χ1n) is 6.62. The van der Waals surface area contributed by atoms with Gasteiger partial charge in [-0.25, -0.2) is 0 Å². The van der Waals surface area contributed by atoms with Gasteiger partial charge in [-0.15, -0.1) is 0 Å². The van der Waals surface area contributed by atoms with Gasteiger partial charge in [-0.1, -0.05) is 6.92 Å². The van der Waals surface area contributed by atoms with E-state index in [1.165, 1.54) is 18.6 Å². The van der Waals surface area contributed by atoms with Crippen LogP contribution in [0.25, 0.3) is 0 Å². The Labute approximate surface area is 108 Å². The summed E-state index contributed by atoms with van der Waals surface area (Å²) in [6.07, 6.45) is 6.72. The Morgan fingerprint density at radius 2 is 2.47 bits per heavy atom. The lowest BCUT2D eigenvalue weighted by atomic mass is 10.1. The van der Waals surface area contributed by atoms with E-state index in [1.807, 2.05) is 11.8 Å². The van der Waals surface area contributed by atoms with Gasteiger partial charge in [-0.05, 0) is 38.0 Å². The van der Waals surface area contributed by atoms with Crippen LogP contribution < -0.4 is 5.73 Å². The van der Waals surface area contributed by atoms with Crippen LogP contribution in [0.2, 0.25) is 0 Å². The van der Waals surface area contributed by atoms with Crippen molar-refractivity contribution in [1.82, 2.24) is 9.78 Å². The van der Waals surface area contributed by atoms with E-state index in [1.54, 1.807) is 0 Å². The molecule has 1 saturated heterocycles. The van der Waals surface area contributed by atoms with Crippen molar-refractivity contribution in [2.75, 3.05) is 5.75 Å². The average Bonchev–Trinajstić information content (AvgIpc) is 2.98. The number of nitrogens with zero attached hydrogens (tertiary/aromatic N) is 2. The maximum absolute atomic E-state index is 6.26. The Morgan fingerprint density at radius 3 is 3.12 bits per heavy atom. The van der Waals surface area contributed by atoms with Crippen molar-refractivity contribution in [2.24, 2.45) is 5.73 Å². The summed E-state index contributed by atoms with van der Waals surface area (Å²) in [6, 6.07) is 2.87. The van der Waals surface area contributed by atoms with Crippen LogP contribution >= 0.6 is 11.8 Å². The topological polar surface area (TPSA) is 43.8 Å². The van der Waals surface area contributed by atoms with Gasteiger partial charge in [-0.2, -0.15) is 16.9 Å². The van der Waals surface area contributed by atoms with Gasteiger partial charge in [0.15, 0.2) is 0 Å². The second-order valence-electron chi connectivity index (χ2n) is 4.96. The number of hydrogen-bond donors (Lipinski definition) is 1. The molecule has 1 aromatic heterocycles. The summed E-state index contributed by atoms with van der Waals surface area (Å²) < 4.78 is 2.06. The first-order valence-corrected chi connectivity index (χ1v) is 7.66. The van der Waals surface area contributed by atoms with Crippen LogP contribution in [-0.2, 0) is 6.42 Å². The molecular weight excluding hydrogens is 230 g/mol. The summed E-state index contributed by atoms with van der Waals surface area (Å²) >= 11 is 2.03. The summed E-state index contributed by atoms with van der Waals surface area (Å²) in [5.74, 6) is 1.28. The van der Waals surface area contributed by atoms with Crippen LogP contribution in [0.3, 0.4) is 0 Å². The molecule has 0 amide bonds. The van der Waals surface area contributed by atoms with E-state index < -0.39 is 0 Å². The highest BCUT2D eigenvalue weighted by Gasteiger charge is 2.23. The Balaban J connectivity index is 1.91. The SMILES string of the molecule is CCC(C)n1ccc(CC(N)C2CCCS2)n1. The van der Waals surface area contributed by atoms with E-state index in [2.05, 4.69) is 35.9 Å². The Hall–Kier alpha value is -0.480. The molecule has 0 saturated carbocycles. The molecule has 0 bridgehead atoms. The molecule has 96 valence electrons. The summed E-state index contributed by atoms with van der Waals surface area (Å²) in [5, 5.41) is 5.26. The van der Waals surface area contributed by atoms with Crippen LogP contribution in [0.4, 0.5) is 0 Å². The number of aromatic nitrogens is 2. The molecule has 2 N–H and O–H groups in total. The van der Waals surface area contributed by atoms with E-state index in [4.69, 9.17) is 5.73 Å². The second-order valence-corrected chi connectivity index (χ2v) is 6.31. The molecule has 0 radical (unpaired) electrons. The molecule has 3 atom stereocenters. The summed E-state index contributed by atoms with van der Waals surface area (Å²) in [5.41, 5.74) is 7.40. The predicted molar refractivity (Wildman–Crippen MR) is 74.4 cm³/mol. The van der Waals surface area contributed by atoms with E-state index in [0.29, 0.717) is 11.3 Å². The lowest BCUT2D eigenvalue weighted by Gasteiger charge is -2.16. The van der Waals surface area contributed by atoms with Crippen LogP contribution in [0, 0.1) is 0 Å². The monoisotopic (exact) mass is 253 g/mol. The molecule has 3 unspecified atom stereocenters. The zero-order valence-electron chi connectivity index (χ0n) is 10.8. The van der Waals surface area contributed by atoms with Crippen LogP contribution in [0.1, 0.15) is 44.8 Å². The lowest BCUT2D eigenvalue weighted by molar-refractivity contribution is 0.470. The quantitative estimate of drug-likeness (QED) is 0.877. The van der Waals surface area contributed by atoms with Crippen molar-refractivity contribution >= 4 is 11.8 Å². The van der Waals surface area contributed by atoms with Crippen molar-refractivity contribution in [3.63, 3.8) is 0 Å². The lowest BCUT2D eigenvalue weighted by Crippen LogP contribution is -2.33. The minimum Gasteiger partial charge on any atom is -0.326 e. The third-order valence-corrected chi connectivity index (χ3v) is 5.13. The van der Waals surface area contributed by atoms with E-state index in [0.717, 1.165) is 18.5 Å². The largest absolute Gasteiger partial charge is 0.326 e. The van der Waals surface area contributed by atoms with Gasteiger partial charge in [0.25, 0.3) is 0 Å². The molecule has 0 aromatic carbocycles. The fourth-order valence-corrected chi connectivity index (χ4v) is 3.54. The molecule has 4 heteroatoms.